The molecule has 1 amide bonds. The standard InChI is InChI=1S/C12H15BrN2O2/c1-8-11(6-7-16)12(17)15(14-8)10-4-2-9(13)3-5-10/h2-5,8,11,14,16H,6-7H2,1H3. The van der Waals surface area contributed by atoms with Crippen molar-refractivity contribution in [3.8, 4) is 0 Å². The lowest BCUT2D eigenvalue weighted by Crippen LogP contribution is -2.36. The first-order valence-electron chi connectivity index (χ1n) is 5.60. The van der Waals surface area contributed by atoms with E-state index in [2.05, 4.69) is 21.4 Å². The summed E-state index contributed by atoms with van der Waals surface area (Å²) in [5.41, 5.74) is 3.96. The van der Waals surface area contributed by atoms with E-state index < -0.39 is 0 Å². The third kappa shape index (κ3) is 2.51. The smallest absolute Gasteiger partial charge is 0.246 e. The Morgan fingerprint density at radius 1 is 1.41 bits per heavy atom. The molecule has 2 atom stereocenters. The van der Waals surface area contributed by atoms with Crippen LogP contribution in [0.3, 0.4) is 0 Å². The molecule has 1 aliphatic rings. The molecule has 1 heterocycles. The summed E-state index contributed by atoms with van der Waals surface area (Å²) < 4.78 is 0.979. The van der Waals surface area contributed by atoms with E-state index in [-0.39, 0.29) is 24.5 Å². The lowest BCUT2D eigenvalue weighted by Gasteiger charge is -2.16. The van der Waals surface area contributed by atoms with Gasteiger partial charge in [-0.1, -0.05) is 15.9 Å². The fourth-order valence-electron chi connectivity index (χ4n) is 2.04. The number of carbonyl (C=O) groups is 1. The van der Waals surface area contributed by atoms with Gasteiger partial charge >= 0.3 is 0 Å². The van der Waals surface area contributed by atoms with Crippen LogP contribution in [0.15, 0.2) is 28.7 Å². The largest absolute Gasteiger partial charge is 0.396 e. The van der Waals surface area contributed by atoms with Gasteiger partial charge in [0.1, 0.15) is 0 Å². The second kappa shape index (κ2) is 5.16. The van der Waals surface area contributed by atoms with Crippen molar-refractivity contribution in [2.24, 2.45) is 5.92 Å². The molecule has 1 aliphatic heterocycles. The SMILES string of the molecule is CC1NN(c2ccc(Br)cc2)C(=O)C1CCO. The summed E-state index contributed by atoms with van der Waals surface area (Å²) in [7, 11) is 0. The van der Waals surface area contributed by atoms with Crippen molar-refractivity contribution < 1.29 is 9.90 Å². The molecule has 2 rings (SSSR count). The van der Waals surface area contributed by atoms with Crippen molar-refractivity contribution >= 4 is 27.5 Å². The van der Waals surface area contributed by atoms with Crippen LogP contribution in [0.5, 0.6) is 0 Å². The summed E-state index contributed by atoms with van der Waals surface area (Å²) in [4.78, 5) is 12.1. The first-order valence-corrected chi connectivity index (χ1v) is 6.39. The zero-order valence-corrected chi connectivity index (χ0v) is 11.1. The molecule has 2 N–H and O–H groups in total. The summed E-state index contributed by atoms with van der Waals surface area (Å²) in [6.45, 7) is 1.99. The van der Waals surface area contributed by atoms with E-state index in [0.717, 1.165) is 10.2 Å². The summed E-state index contributed by atoms with van der Waals surface area (Å²) >= 11 is 3.36. The van der Waals surface area contributed by atoms with Crippen LogP contribution in [0.2, 0.25) is 0 Å². The van der Waals surface area contributed by atoms with Gasteiger partial charge in [-0.15, -0.1) is 0 Å². The molecule has 2 unspecified atom stereocenters. The van der Waals surface area contributed by atoms with Gasteiger partial charge in [0.25, 0.3) is 0 Å². The third-order valence-corrected chi connectivity index (χ3v) is 3.53. The van der Waals surface area contributed by atoms with E-state index >= 15 is 0 Å². The second-order valence-corrected chi connectivity index (χ2v) is 5.10. The van der Waals surface area contributed by atoms with Crippen LogP contribution >= 0.6 is 15.9 Å². The van der Waals surface area contributed by atoms with Gasteiger partial charge in [-0.2, -0.15) is 0 Å². The molecule has 0 radical (unpaired) electrons. The van der Waals surface area contributed by atoms with Crippen molar-refractivity contribution in [2.75, 3.05) is 11.6 Å². The number of nitrogens with one attached hydrogen (secondary N) is 1. The Kier molecular flexibility index (Phi) is 3.81. The first kappa shape index (κ1) is 12.5. The van der Waals surface area contributed by atoms with Crippen molar-refractivity contribution in [2.45, 2.75) is 19.4 Å². The Morgan fingerprint density at radius 3 is 2.65 bits per heavy atom. The van der Waals surface area contributed by atoms with Crippen molar-refractivity contribution in [1.82, 2.24) is 5.43 Å². The van der Waals surface area contributed by atoms with Crippen LogP contribution in [-0.2, 0) is 4.79 Å². The number of anilines is 1. The Balaban J connectivity index is 2.18. The van der Waals surface area contributed by atoms with Crippen LogP contribution in [0.4, 0.5) is 5.69 Å². The van der Waals surface area contributed by atoms with Gasteiger partial charge in [0.15, 0.2) is 0 Å². The predicted octanol–water partition coefficient (Wildman–Crippen LogP) is 1.69. The minimum atomic E-state index is -0.149. The molecule has 4 nitrogen and oxygen atoms in total. The molecule has 0 bridgehead atoms. The zero-order valence-electron chi connectivity index (χ0n) is 9.56. The van der Waals surface area contributed by atoms with Crippen molar-refractivity contribution in [1.29, 1.82) is 0 Å². The molecule has 0 aromatic heterocycles. The number of hydrazine groups is 1. The van der Waals surface area contributed by atoms with E-state index in [9.17, 15) is 4.79 Å². The molecule has 1 fully saturated rings. The maximum absolute atomic E-state index is 12.1. The van der Waals surface area contributed by atoms with E-state index in [4.69, 9.17) is 5.11 Å². The first-order chi connectivity index (χ1) is 8.13. The number of aliphatic hydroxyl groups is 1. The van der Waals surface area contributed by atoms with Crippen LogP contribution in [0.25, 0.3) is 0 Å². The number of rotatable bonds is 3. The highest BCUT2D eigenvalue weighted by molar-refractivity contribution is 9.10. The number of hydrogen-bond donors (Lipinski definition) is 2. The van der Waals surface area contributed by atoms with Gasteiger partial charge in [-0.05, 0) is 37.6 Å². The molecule has 5 heteroatoms. The average Bonchev–Trinajstić information content (AvgIpc) is 2.59. The van der Waals surface area contributed by atoms with Gasteiger partial charge in [0.05, 0.1) is 11.6 Å². The number of nitrogens with zero attached hydrogens (tertiary/aromatic N) is 1. The highest BCUT2D eigenvalue weighted by atomic mass is 79.9. The van der Waals surface area contributed by atoms with E-state index in [1.54, 1.807) is 5.01 Å². The normalized spacial score (nSPS) is 24.4. The van der Waals surface area contributed by atoms with Gasteiger partial charge in [0.2, 0.25) is 5.91 Å². The van der Waals surface area contributed by atoms with Gasteiger partial charge in [0, 0.05) is 17.1 Å². The van der Waals surface area contributed by atoms with E-state index in [0.29, 0.717) is 6.42 Å². The van der Waals surface area contributed by atoms with Crippen LogP contribution < -0.4 is 10.4 Å². The molecule has 1 aromatic rings. The molecule has 1 aromatic carbocycles. The monoisotopic (exact) mass is 298 g/mol. The van der Waals surface area contributed by atoms with E-state index in [1.807, 2.05) is 31.2 Å². The summed E-state index contributed by atoms with van der Waals surface area (Å²) in [5, 5.41) is 10.5. The predicted molar refractivity (Wildman–Crippen MR) is 69.4 cm³/mol. The fourth-order valence-corrected chi connectivity index (χ4v) is 2.31. The van der Waals surface area contributed by atoms with Gasteiger partial charge in [-0.3, -0.25) is 4.79 Å². The summed E-state index contributed by atoms with van der Waals surface area (Å²) in [6.07, 6.45) is 0.500. The van der Waals surface area contributed by atoms with Crippen LogP contribution in [0.1, 0.15) is 13.3 Å². The van der Waals surface area contributed by atoms with Crippen molar-refractivity contribution in [3.05, 3.63) is 28.7 Å². The lowest BCUT2D eigenvalue weighted by molar-refractivity contribution is -0.121. The van der Waals surface area contributed by atoms with E-state index in [1.165, 1.54) is 0 Å². The molecule has 0 aliphatic carbocycles. The van der Waals surface area contributed by atoms with Crippen molar-refractivity contribution in [3.63, 3.8) is 0 Å². The Labute approximate surface area is 109 Å². The van der Waals surface area contributed by atoms with Gasteiger partial charge < -0.3 is 5.11 Å². The number of amides is 1. The Morgan fingerprint density at radius 2 is 2.06 bits per heavy atom. The topological polar surface area (TPSA) is 52.6 Å². The highest BCUT2D eigenvalue weighted by Crippen LogP contribution is 2.25. The zero-order chi connectivity index (χ0) is 12.4. The maximum atomic E-state index is 12.1. The molecule has 17 heavy (non-hydrogen) atoms. The molecule has 0 saturated carbocycles. The number of carbonyl (C=O) groups excluding carboxylic acids is 1. The van der Waals surface area contributed by atoms with Crippen LogP contribution in [-0.4, -0.2) is 23.7 Å². The Bertz CT molecular complexity index is 407. The maximum Gasteiger partial charge on any atom is 0.246 e. The molecule has 1 saturated heterocycles. The lowest BCUT2D eigenvalue weighted by atomic mass is 9.99. The Hall–Kier alpha value is -0.910. The van der Waals surface area contributed by atoms with Crippen LogP contribution in [0, 0.1) is 5.92 Å². The molecule has 92 valence electrons. The minimum Gasteiger partial charge on any atom is -0.396 e. The number of aliphatic hydroxyl groups excluding tert-OH is 1. The number of benzene rings is 1. The molecular weight excluding hydrogens is 284 g/mol. The summed E-state index contributed by atoms with van der Waals surface area (Å²) in [6, 6.07) is 7.60. The number of hydrogen-bond acceptors (Lipinski definition) is 3. The fraction of sp³-hybridized carbons (Fsp3) is 0.417. The quantitative estimate of drug-likeness (QED) is 0.893. The summed E-state index contributed by atoms with van der Waals surface area (Å²) in [5.74, 6) is -0.127. The number of halogens is 1. The molecular formula is C12H15BrN2O2. The highest BCUT2D eigenvalue weighted by Gasteiger charge is 2.37. The third-order valence-electron chi connectivity index (χ3n) is 3.00. The van der Waals surface area contributed by atoms with Gasteiger partial charge in [-0.25, -0.2) is 10.4 Å². The average molecular weight is 299 g/mol. The molecule has 0 spiro atoms. The minimum absolute atomic E-state index is 0.0221. The second-order valence-electron chi connectivity index (χ2n) is 4.19.